The third-order valence-electron chi connectivity index (χ3n) is 4.47. The van der Waals surface area contributed by atoms with E-state index >= 15 is 0 Å². The van der Waals surface area contributed by atoms with Crippen molar-refractivity contribution in [1.29, 1.82) is 0 Å². The number of nitrogens with zero attached hydrogens (tertiary/aromatic N) is 3. The van der Waals surface area contributed by atoms with Crippen molar-refractivity contribution in [2.45, 2.75) is 19.4 Å². The van der Waals surface area contributed by atoms with Gasteiger partial charge in [0, 0.05) is 43.7 Å². The molecule has 0 aliphatic carbocycles. The van der Waals surface area contributed by atoms with Crippen LogP contribution in [0.25, 0.3) is 11.0 Å². The van der Waals surface area contributed by atoms with Crippen LogP contribution >= 0.6 is 11.6 Å². The second kappa shape index (κ2) is 7.62. The van der Waals surface area contributed by atoms with Crippen LogP contribution in [0.4, 0.5) is 0 Å². The Bertz CT molecular complexity index is 639. The normalized spacial score (nSPS) is 17.9. The molecule has 1 aromatic carbocycles. The Morgan fingerprint density at radius 3 is 2.96 bits per heavy atom. The Kier molecular flexibility index (Phi) is 5.54. The van der Waals surface area contributed by atoms with E-state index in [0.717, 1.165) is 67.7 Å². The van der Waals surface area contributed by atoms with Crippen LogP contribution in [0.15, 0.2) is 18.2 Å². The highest BCUT2D eigenvalue weighted by Crippen LogP contribution is 2.17. The number of nitrogens with one attached hydrogen (secondary N) is 1. The predicted molar refractivity (Wildman–Crippen MR) is 94.2 cm³/mol. The van der Waals surface area contributed by atoms with E-state index in [1.54, 1.807) is 0 Å². The second-order valence-electron chi connectivity index (χ2n) is 6.35. The van der Waals surface area contributed by atoms with Crippen LogP contribution in [0, 0.1) is 0 Å². The molecule has 5 nitrogen and oxygen atoms in total. The summed E-state index contributed by atoms with van der Waals surface area (Å²) in [4.78, 5) is 12.9. The Hall–Kier alpha value is -1.14. The van der Waals surface area contributed by atoms with Gasteiger partial charge in [-0.3, -0.25) is 4.90 Å². The van der Waals surface area contributed by atoms with Crippen LogP contribution in [0.2, 0.25) is 5.02 Å². The summed E-state index contributed by atoms with van der Waals surface area (Å²) in [7, 11) is 2.18. The van der Waals surface area contributed by atoms with Crippen molar-refractivity contribution in [2.75, 3.05) is 46.4 Å². The number of hydrogen-bond donors (Lipinski definition) is 1. The maximum absolute atomic E-state index is 6.02. The fourth-order valence-corrected chi connectivity index (χ4v) is 3.30. The van der Waals surface area contributed by atoms with Crippen LogP contribution in [-0.2, 0) is 11.2 Å². The molecule has 6 heteroatoms. The lowest BCUT2D eigenvalue weighted by Crippen LogP contribution is -2.47. The molecule has 2 heterocycles. The van der Waals surface area contributed by atoms with Gasteiger partial charge in [0.25, 0.3) is 0 Å². The van der Waals surface area contributed by atoms with E-state index in [2.05, 4.69) is 33.7 Å². The topological polar surface area (TPSA) is 44.4 Å². The molecule has 1 N–H and O–H groups in total. The van der Waals surface area contributed by atoms with Gasteiger partial charge in [0.15, 0.2) is 0 Å². The highest BCUT2D eigenvalue weighted by Gasteiger charge is 2.18. The number of halogens is 1. The predicted octanol–water partition coefficient (Wildman–Crippen LogP) is 2.41. The zero-order chi connectivity index (χ0) is 16.2. The fraction of sp³-hybridized carbons (Fsp3) is 0.588. The average Bonchev–Trinajstić information content (AvgIpc) is 2.95. The summed E-state index contributed by atoms with van der Waals surface area (Å²) in [5.41, 5.74) is 1.99. The Morgan fingerprint density at radius 2 is 2.17 bits per heavy atom. The van der Waals surface area contributed by atoms with Gasteiger partial charge in [-0.1, -0.05) is 11.6 Å². The maximum atomic E-state index is 6.02. The van der Waals surface area contributed by atoms with Gasteiger partial charge in [-0.25, -0.2) is 4.98 Å². The van der Waals surface area contributed by atoms with Crippen LogP contribution in [0.3, 0.4) is 0 Å². The molecule has 1 aliphatic rings. The summed E-state index contributed by atoms with van der Waals surface area (Å²) in [5.74, 6) is 1.02. The van der Waals surface area contributed by atoms with Crippen molar-refractivity contribution < 1.29 is 4.74 Å². The summed E-state index contributed by atoms with van der Waals surface area (Å²) < 4.78 is 5.42. The number of likely N-dealkylation sites (N-methyl/N-ethyl adjacent to an activating group) is 1. The minimum Gasteiger partial charge on any atom is -0.379 e. The number of aromatic nitrogens is 2. The summed E-state index contributed by atoms with van der Waals surface area (Å²) in [6.07, 6.45) is 0.915. The first-order valence-electron chi connectivity index (χ1n) is 8.26. The molecule has 1 aliphatic heterocycles. The van der Waals surface area contributed by atoms with Gasteiger partial charge >= 0.3 is 0 Å². The summed E-state index contributed by atoms with van der Waals surface area (Å²) >= 11 is 6.02. The number of H-pyrrole nitrogens is 1. The molecule has 0 spiro atoms. The fourth-order valence-electron chi connectivity index (χ4n) is 3.13. The molecule has 126 valence electrons. The largest absolute Gasteiger partial charge is 0.379 e. The molecule has 23 heavy (non-hydrogen) atoms. The number of morpholine rings is 1. The first-order valence-corrected chi connectivity index (χ1v) is 8.64. The zero-order valence-electron chi connectivity index (χ0n) is 13.9. The van der Waals surface area contributed by atoms with Gasteiger partial charge in [0.2, 0.25) is 0 Å². The smallest absolute Gasteiger partial charge is 0.108 e. The van der Waals surface area contributed by atoms with Crippen LogP contribution in [0.1, 0.15) is 12.7 Å². The molecule has 3 rings (SSSR count). The van der Waals surface area contributed by atoms with Gasteiger partial charge < -0.3 is 14.6 Å². The molecule has 1 saturated heterocycles. The number of ether oxygens (including phenoxy) is 1. The molecule has 2 aromatic rings. The number of aromatic amines is 1. The first-order chi connectivity index (χ1) is 11.1. The number of hydrogen-bond acceptors (Lipinski definition) is 4. The van der Waals surface area contributed by atoms with Crippen LogP contribution in [-0.4, -0.2) is 72.3 Å². The van der Waals surface area contributed by atoms with Crippen molar-refractivity contribution in [2.24, 2.45) is 0 Å². The van der Waals surface area contributed by atoms with Crippen LogP contribution in [0.5, 0.6) is 0 Å². The lowest BCUT2D eigenvalue weighted by molar-refractivity contribution is 0.0142. The van der Waals surface area contributed by atoms with Crippen molar-refractivity contribution in [1.82, 2.24) is 19.8 Å². The van der Waals surface area contributed by atoms with Gasteiger partial charge in [-0.05, 0) is 32.2 Å². The Labute approximate surface area is 142 Å². The highest BCUT2D eigenvalue weighted by molar-refractivity contribution is 6.31. The monoisotopic (exact) mass is 336 g/mol. The van der Waals surface area contributed by atoms with Gasteiger partial charge in [0.05, 0.1) is 24.2 Å². The molecule has 0 unspecified atom stereocenters. The molecular formula is C17H25ClN4O. The van der Waals surface area contributed by atoms with E-state index in [9.17, 15) is 0 Å². The SMILES string of the molecule is C[C@@H](CN(C)CCc1nc2ccc(Cl)cc2[nH]1)N1CCOCC1. The zero-order valence-corrected chi connectivity index (χ0v) is 14.6. The molecule has 1 atom stereocenters. The number of rotatable bonds is 6. The van der Waals surface area contributed by atoms with Crippen molar-refractivity contribution in [3.05, 3.63) is 29.0 Å². The lowest BCUT2D eigenvalue weighted by atomic mass is 10.2. The van der Waals surface area contributed by atoms with E-state index in [-0.39, 0.29) is 0 Å². The standard InChI is InChI=1S/C17H25ClN4O/c1-13(22-7-9-23-10-8-22)12-21(2)6-5-17-19-15-4-3-14(18)11-16(15)20-17/h3-4,11,13H,5-10,12H2,1-2H3,(H,19,20)/t13-/m0/s1. The third-order valence-corrected chi connectivity index (χ3v) is 4.70. The first kappa shape index (κ1) is 16.7. The molecule has 0 saturated carbocycles. The minimum atomic E-state index is 0.554. The van der Waals surface area contributed by atoms with E-state index in [1.165, 1.54) is 0 Å². The summed E-state index contributed by atoms with van der Waals surface area (Å²) in [5, 5.41) is 0.740. The average molecular weight is 337 g/mol. The van der Waals surface area contributed by atoms with Crippen molar-refractivity contribution in [3.8, 4) is 0 Å². The number of imidazole rings is 1. The van der Waals surface area contributed by atoms with Crippen molar-refractivity contribution in [3.63, 3.8) is 0 Å². The van der Waals surface area contributed by atoms with Gasteiger partial charge in [-0.2, -0.15) is 0 Å². The van der Waals surface area contributed by atoms with Crippen molar-refractivity contribution >= 4 is 22.6 Å². The minimum absolute atomic E-state index is 0.554. The molecule has 0 bridgehead atoms. The Morgan fingerprint density at radius 1 is 1.39 bits per heavy atom. The summed E-state index contributed by atoms with van der Waals surface area (Å²) in [6, 6.07) is 6.32. The summed E-state index contributed by atoms with van der Waals surface area (Å²) in [6.45, 7) is 8.14. The number of fused-ring (bicyclic) bond motifs is 1. The molecule has 0 amide bonds. The highest BCUT2D eigenvalue weighted by atomic mass is 35.5. The second-order valence-corrected chi connectivity index (χ2v) is 6.79. The van der Waals surface area contributed by atoms with Gasteiger partial charge in [-0.15, -0.1) is 0 Å². The molecule has 1 aromatic heterocycles. The number of benzene rings is 1. The van der Waals surface area contributed by atoms with E-state index in [1.807, 2.05) is 18.2 Å². The van der Waals surface area contributed by atoms with Crippen LogP contribution < -0.4 is 0 Å². The quantitative estimate of drug-likeness (QED) is 0.880. The Balaban J connectivity index is 1.50. The molecular weight excluding hydrogens is 312 g/mol. The van der Waals surface area contributed by atoms with E-state index in [0.29, 0.717) is 6.04 Å². The molecule has 1 fully saturated rings. The lowest BCUT2D eigenvalue weighted by Gasteiger charge is -2.34. The van der Waals surface area contributed by atoms with E-state index in [4.69, 9.17) is 16.3 Å². The third kappa shape index (κ3) is 4.44. The maximum Gasteiger partial charge on any atom is 0.108 e. The van der Waals surface area contributed by atoms with E-state index < -0.39 is 0 Å². The molecule has 0 radical (unpaired) electrons. The van der Waals surface area contributed by atoms with Gasteiger partial charge in [0.1, 0.15) is 5.82 Å².